The van der Waals surface area contributed by atoms with Crippen LogP contribution in [0.5, 0.6) is 0 Å². The Morgan fingerprint density at radius 1 is 1.38 bits per heavy atom. The molecule has 1 aromatic rings. The van der Waals surface area contributed by atoms with Gasteiger partial charge in [0.1, 0.15) is 0 Å². The Labute approximate surface area is 101 Å². The summed E-state index contributed by atoms with van der Waals surface area (Å²) in [5.41, 5.74) is 6.98. The van der Waals surface area contributed by atoms with Crippen LogP contribution in [0.1, 0.15) is 25.3 Å². The highest BCUT2D eigenvalue weighted by Gasteiger charge is 2.52. The third-order valence-electron chi connectivity index (χ3n) is 2.88. The first-order valence-corrected chi connectivity index (χ1v) is 5.22. The van der Waals surface area contributed by atoms with Gasteiger partial charge >= 0.3 is 5.97 Å². The molecule has 1 aliphatic carbocycles. The molecule has 0 radical (unpaired) electrons. The number of benzene rings is 1. The van der Waals surface area contributed by atoms with Crippen molar-refractivity contribution in [1.82, 2.24) is 0 Å². The quantitative estimate of drug-likeness (QED) is 0.653. The lowest BCUT2D eigenvalue weighted by atomic mass is 9.96. The first-order valence-electron chi connectivity index (χ1n) is 5.22. The van der Waals surface area contributed by atoms with Crippen molar-refractivity contribution < 1.29 is 9.53 Å². The highest BCUT2D eigenvalue weighted by atomic mass is 35.5. The van der Waals surface area contributed by atoms with Gasteiger partial charge in [-0.3, -0.25) is 4.79 Å². The summed E-state index contributed by atoms with van der Waals surface area (Å²) in [4.78, 5) is 11.8. The zero-order valence-electron chi connectivity index (χ0n) is 9.23. The topological polar surface area (TPSA) is 52.3 Å². The van der Waals surface area contributed by atoms with Gasteiger partial charge in [0.05, 0.1) is 12.0 Å². The Balaban J connectivity index is 0.00000128. The van der Waals surface area contributed by atoms with Gasteiger partial charge in [-0.15, -0.1) is 12.4 Å². The Morgan fingerprint density at radius 2 is 1.94 bits per heavy atom. The predicted molar refractivity (Wildman–Crippen MR) is 65.6 cm³/mol. The molecule has 0 amide bonds. The number of hydrogen-bond donors (Lipinski definition) is 1. The molecule has 88 valence electrons. The number of carbonyl (C=O) groups is 1. The van der Waals surface area contributed by atoms with Crippen molar-refractivity contribution in [3.8, 4) is 0 Å². The molecule has 1 aliphatic rings. The second kappa shape index (κ2) is 4.74. The fourth-order valence-corrected chi connectivity index (χ4v) is 1.81. The molecule has 1 aromatic carbocycles. The van der Waals surface area contributed by atoms with Crippen LogP contribution in [0.4, 0.5) is 5.69 Å². The van der Waals surface area contributed by atoms with E-state index in [0.29, 0.717) is 6.61 Å². The molecule has 3 nitrogen and oxygen atoms in total. The van der Waals surface area contributed by atoms with Crippen molar-refractivity contribution in [2.24, 2.45) is 0 Å². The summed E-state index contributed by atoms with van der Waals surface area (Å²) in [6.45, 7) is 2.27. The minimum Gasteiger partial charge on any atom is -0.465 e. The molecule has 2 rings (SSSR count). The number of anilines is 1. The summed E-state index contributed by atoms with van der Waals surface area (Å²) < 4.78 is 5.08. The van der Waals surface area contributed by atoms with E-state index >= 15 is 0 Å². The molecule has 16 heavy (non-hydrogen) atoms. The first kappa shape index (κ1) is 12.8. The smallest absolute Gasteiger partial charge is 0.316 e. The lowest BCUT2D eigenvalue weighted by molar-refractivity contribution is -0.146. The lowest BCUT2D eigenvalue weighted by Crippen LogP contribution is -2.23. The van der Waals surface area contributed by atoms with E-state index in [4.69, 9.17) is 10.5 Å². The summed E-state index contributed by atoms with van der Waals surface area (Å²) in [7, 11) is 0. The fraction of sp³-hybridized carbons (Fsp3) is 0.417. The highest BCUT2D eigenvalue weighted by molar-refractivity contribution is 5.86. The van der Waals surface area contributed by atoms with Gasteiger partial charge in [-0.1, -0.05) is 12.1 Å². The van der Waals surface area contributed by atoms with Crippen LogP contribution in [0, 0.1) is 0 Å². The van der Waals surface area contributed by atoms with Gasteiger partial charge in [-0.05, 0) is 37.5 Å². The summed E-state index contributed by atoms with van der Waals surface area (Å²) in [6, 6.07) is 7.49. The number of esters is 1. The zero-order valence-corrected chi connectivity index (χ0v) is 10.0. The SMILES string of the molecule is CCOC(=O)C1(c2ccc(N)cc2)CC1.Cl. The van der Waals surface area contributed by atoms with Gasteiger partial charge in [-0.2, -0.15) is 0 Å². The monoisotopic (exact) mass is 241 g/mol. The standard InChI is InChI=1S/C12H15NO2.ClH/c1-2-15-11(14)12(7-8-12)9-3-5-10(13)6-4-9;/h3-6H,2,7-8,13H2,1H3;1H. The van der Waals surface area contributed by atoms with Crippen LogP contribution >= 0.6 is 12.4 Å². The van der Waals surface area contributed by atoms with Crippen molar-refractivity contribution in [3.63, 3.8) is 0 Å². The lowest BCUT2D eigenvalue weighted by Gasteiger charge is -2.14. The van der Waals surface area contributed by atoms with Gasteiger partial charge in [0.25, 0.3) is 0 Å². The number of hydrogen-bond acceptors (Lipinski definition) is 3. The third-order valence-corrected chi connectivity index (χ3v) is 2.88. The molecule has 0 atom stereocenters. The van der Waals surface area contributed by atoms with Crippen molar-refractivity contribution in [3.05, 3.63) is 29.8 Å². The van der Waals surface area contributed by atoms with Crippen LogP contribution in [-0.4, -0.2) is 12.6 Å². The van der Waals surface area contributed by atoms with Gasteiger partial charge in [-0.25, -0.2) is 0 Å². The van der Waals surface area contributed by atoms with Gasteiger partial charge in [0.15, 0.2) is 0 Å². The number of nitrogens with two attached hydrogens (primary N) is 1. The van der Waals surface area contributed by atoms with E-state index in [2.05, 4.69) is 0 Å². The van der Waals surface area contributed by atoms with E-state index < -0.39 is 0 Å². The van der Waals surface area contributed by atoms with Crippen molar-refractivity contribution in [2.75, 3.05) is 12.3 Å². The molecule has 0 unspecified atom stereocenters. The molecule has 0 bridgehead atoms. The van der Waals surface area contributed by atoms with Crippen molar-refractivity contribution in [1.29, 1.82) is 0 Å². The number of ether oxygens (including phenoxy) is 1. The Morgan fingerprint density at radius 3 is 2.38 bits per heavy atom. The summed E-state index contributed by atoms with van der Waals surface area (Å²) in [5, 5.41) is 0. The first-order chi connectivity index (χ1) is 7.19. The van der Waals surface area contributed by atoms with E-state index in [1.165, 1.54) is 0 Å². The molecular weight excluding hydrogens is 226 g/mol. The maximum Gasteiger partial charge on any atom is 0.316 e. The normalized spacial score (nSPS) is 16.1. The number of rotatable bonds is 3. The number of nitrogen functional groups attached to an aromatic ring is 1. The van der Waals surface area contributed by atoms with Gasteiger partial charge in [0.2, 0.25) is 0 Å². The number of halogens is 1. The Hall–Kier alpha value is -1.22. The Bertz CT molecular complexity index is 371. The molecule has 4 heteroatoms. The molecule has 0 spiro atoms. The average Bonchev–Trinajstić information content (AvgIpc) is 3.00. The maximum atomic E-state index is 11.8. The third kappa shape index (κ3) is 2.14. The van der Waals surface area contributed by atoms with Crippen LogP contribution in [-0.2, 0) is 14.9 Å². The number of carbonyl (C=O) groups excluding carboxylic acids is 1. The minimum absolute atomic E-state index is 0. The molecule has 1 saturated carbocycles. The van der Waals surface area contributed by atoms with Gasteiger partial charge < -0.3 is 10.5 Å². The summed E-state index contributed by atoms with van der Waals surface area (Å²) in [6.07, 6.45) is 1.77. The molecular formula is C12H16ClNO2. The van der Waals surface area contributed by atoms with E-state index in [0.717, 1.165) is 24.1 Å². The van der Waals surface area contributed by atoms with Gasteiger partial charge in [0, 0.05) is 5.69 Å². The fourth-order valence-electron chi connectivity index (χ4n) is 1.81. The van der Waals surface area contributed by atoms with Crippen LogP contribution in [0.3, 0.4) is 0 Å². The molecule has 1 fully saturated rings. The molecule has 0 saturated heterocycles. The second-order valence-electron chi connectivity index (χ2n) is 3.92. The largest absolute Gasteiger partial charge is 0.465 e. The van der Waals surface area contributed by atoms with Crippen molar-refractivity contribution >= 4 is 24.1 Å². The summed E-state index contributed by atoms with van der Waals surface area (Å²) >= 11 is 0. The van der Waals surface area contributed by atoms with Crippen molar-refractivity contribution in [2.45, 2.75) is 25.2 Å². The van der Waals surface area contributed by atoms with Crippen LogP contribution in [0.25, 0.3) is 0 Å². The molecule has 0 aliphatic heterocycles. The Kier molecular flexibility index (Phi) is 3.81. The van der Waals surface area contributed by atoms with Crippen LogP contribution in [0.15, 0.2) is 24.3 Å². The molecule has 0 heterocycles. The van der Waals surface area contributed by atoms with E-state index in [1.54, 1.807) is 0 Å². The predicted octanol–water partition coefficient (Wildman–Crippen LogP) is 2.29. The molecule has 0 aromatic heterocycles. The van der Waals surface area contributed by atoms with E-state index in [9.17, 15) is 4.79 Å². The average molecular weight is 242 g/mol. The maximum absolute atomic E-state index is 11.8. The van der Waals surface area contributed by atoms with Crippen LogP contribution in [0.2, 0.25) is 0 Å². The second-order valence-corrected chi connectivity index (χ2v) is 3.92. The van der Waals surface area contributed by atoms with Crippen LogP contribution < -0.4 is 5.73 Å². The van der Waals surface area contributed by atoms with E-state index in [1.807, 2.05) is 31.2 Å². The zero-order chi connectivity index (χ0) is 10.9. The minimum atomic E-state index is -0.371. The van der Waals surface area contributed by atoms with E-state index in [-0.39, 0.29) is 23.8 Å². The summed E-state index contributed by atoms with van der Waals surface area (Å²) in [5.74, 6) is -0.102. The molecule has 2 N–H and O–H groups in total. The highest BCUT2D eigenvalue weighted by Crippen LogP contribution is 2.49.